The van der Waals surface area contributed by atoms with Gasteiger partial charge in [-0.25, -0.2) is 4.39 Å². The number of anilines is 1. The summed E-state index contributed by atoms with van der Waals surface area (Å²) in [4.78, 5) is 12.0. The van der Waals surface area contributed by atoms with E-state index < -0.39 is 0 Å². The molecule has 0 spiro atoms. The van der Waals surface area contributed by atoms with Crippen LogP contribution in [0.5, 0.6) is 0 Å². The summed E-state index contributed by atoms with van der Waals surface area (Å²) in [7, 11) is 0. The van der Waals surface area contributed by atoms with Gasteiger partial charge >= 0.3 is 0 Å². The molecule has 1 saturated heterocycles. The quantitative estimate of drug-likeness (QED) is 0.880. The standard InChI is InChI=1S/C12H14BrFN2O/c1-7-5-15-6-9(7)12(17)16-11-4-8(14)2-3-10(11)13/h2-4,7,9,15H,5-6H2,1H3,(H,16,17). The van der Waals surface area contributed by atoms with E-state index in [0.29, 0.717) is 22.6 Å². The van der Waals surface area contributed by atoms with Crippen molar-refractivity contribution >= 4 is 27.5 Å². The van der Waals surface area contributed by atoms with E-state index in [1.165, 1.54) is 12.1 Å². The first-order valence-electron chi connectivity index (χ1n) is 5.54. The van der Waals surface area contributed by atoms with Crippen LogP contribution in [-0.2, 0) is 4.79 Å². The zero-order valence-electron chi connectivity index (χ0n) is 9.47. The second kappa shape index (κ2) is 5.14. The summed E-state index contributed by atoms with van der Waals surface area (Å²) in [6, 6.07) is 4.25. The molecule has 0 aliphatic carbocycles. The Labute approximate surface area is 108 Å². The van der Waals surface area contributed by atoms with E-state index in [9.17, 15) is 9.18 Å². The van der Waals surface area contributed by atoms with E-state index >= 15 is 0 Å². The largest absolute Gasteiger partial charge is 0.325 e. The summed E-state index contributed by atoms with van der Waals surface area (Å²) in [5, 5.41) is 5.93. The normalized spacial score (nSPS) is 23.7. The zero-order valence-corrected chi connectivity index (χ0v) is 11.1. The number of rotatable bonds is 2. The Morgan fingerprint density at radius 2 is 2.29 bits per heavy atom. The molecule has 1 amide bonds. The first-order valence-corrected chi connectivity index (χ1v) is 6.34. The van der Waals surface area contributed by atoms with Crippen LogP contribution in [0.15, 0.2) is 22.7 Å². The fraction of sp³-hybridized carbons (Fsp3) is 0.417. The van der Waals surface area contributed by atoms with Gasteiger partial charge in [-0.2, -0.15) is 0 Å². The van der Waals surface area contributed by atoms with Gasteiger partial charge in [0, 0.05) is 11.0 Å². The molecular weight excluding hydrogens is 287 g/mol. The van der Waals surface area contributed by atoms with Gasteiger partial charge in [-0.3, -0.25) is 4.79 Å². The minimum Gasteiger partial charge on any atom is -0.325 e. The van der Waals surface area contributed by atoms with Gasteiger partial charge in [0.05, 0.1) is 11.6 Å². The summed E-state index contributed by atoms with van der Waals surface area (Å²) in [6.07, 6.45) is 0. The molecule has 92 valence electrons. The molecule has 2 rings (SSSR count). The molecule has 0 bridgehead atoms. The number of hydrogen-bond acceptors (Lipinski definition) is 2. The molecule has 1 aliphatic rings. The van der Waals surface area contributed by atoms with E-state index in [2.05, 4.69) is 26.6 Å². The van der Waals surface area contributed by atoms with Gasteiger partial charge in [0.25, 0.3) is 0 Å². The molecule has 0 aromatic heterocycles. The Hall–Kier alpha value is -0.940. The van der Waals surface area contributed by atoms with Crippen molar-refractivity contribution in [2.24, 2.45) is 11.8 Å². The van der Waals surface area contributed by atoms with Gasteiger partial charge in [-0.15, -0.1) is 0 Å². The van der Waals surface area contributed by atoms with Crippen LogP contribution in [0.25, 0.3) is 0 Å². The van der Waals surface area contributed by atoms with Crippen molar-refractivity contribution in [2.75, 3.05) is 18.4 Å². The van der Waals surface area contributed by atoms with E-state index in [-0.39, 0.29) is 17.6 Å². The van der Waals surface area contributed by atoms with Crippen LogP contribution in [0.4, 0.5) is 10.1 Å². The van der Waals surface area contributed by atoms with E-state index in [0.717, 1.165) is 6.54 Å². The van der Waals surface area contributed by atoms with Crippen LogP contribution in [0.1, 0.15) is 6.92 Å². The van der Waals surface area contributed by atoms with Crippen LogP contribution in [0, 0.1) is 17.7 Å². The van der Waals surface area contributed by atoms with Crippen molar-refractivity contribution in [3.05, 3.63) is 28.5 Å². The molecule has 5 heteroatoms. The van der Waals surface area contributed by atoms with Gasteiger partial charge in [-0.05, 0) is 46.6 Å². The monoisotopic (exact) mass is 300 g/mol. The van der Waals surface area contributed by atoms with Gasteiger partial charge in [-0.1, -0.05) is 6.92 Å². The molecular formula is C12H14BrFN2O. The Morgan fingerprint density at radius 1 is 1.53 bits per heavy atom. The Bertz CT molecular complexity index is 439. The highest BCUT2D eigenvalue weighted by Crippen LogP contribution is 2.25. The maximum absolute atomic E-state index is 13.1. The second-order valence-corrected chi connectivity index (χ2v) is 5.21. The third-order valence-corrected chi connectivity index (χ3v) is 3.73. The van der Waals surface area contributed by atoms with Crippen molar-refractivity contribution in [3.8, 4) is 0 Å². The number of carbonyl (C=O) groups is 1. The molecule has 2 unspecified atom stereocenters. The smallest absolute Gasteiger partial charge is 0.229 e. The lowest BCUT2D eigenvalue weighted by Crippen LogP contribution is -2.28. The SMILES string of the molecule is CC1CNCC1C(=O)Nc1cc(F)ccc1Br. The van der Waals surface area contributed by atoms with Gasteiger partial charge in [0.15, 0.2) is 0 Å². The van der Waals surface area contributed by atoms with Crippen LogP contribution in [0.3, 0.4) is 0 Å². The number of carbonyl (C=O) groups excluding carboxylic acids is 1. The summed E-state index contributed by atoms with van der Waals surface area (Å²) in [5.41, 5.74) is 0.481. The predicted molar refractivity (Wildman–Crippen MR) is 68.3 cm³/mol. The molecule has 17 heavy (non-hydrogen) atoms. The van der Waals surface area contributed by atoms with Crippen LogP contribution in [-0.4, -0.2) is 19.0 Å². The molecule has 0 saturated carbocycles. The number of halogens is 2. The third kappa shape index (κ3) is 2.84. The first kappa shape index (κ1) is 12.5. The van der Waals surface area contributed by atoms with Crippen molar-refractivity contribution in [1.82, 2.24) is 5.32 Å². The summed E-state index contributed by atoms with van der Waals surface area (Å²) < 4.78 is 13.8. The van der Waals surface area contributed by atoms with Gasteiger partial charge in [0.1, 0.15) is 5.82 Å². The molecule has 1 aromatic carbocycles. The lowest BCUT2D eigenvalue weighted by molar-refractivity contribution is -0.120. The zero-order chi connectivity index (χ0) is 12.4. The predicted octanol–water partition coefficient (Wildman–Crippen LogP) is 2.38. The van der Waals surface area contributed by atoms with Crippen LogP contribution < -0.4 is 10.6 Å². The van der Waals surface area contributed by atoms with Crippen molar-refractivity contribution in [3.63, 3.8) is 0 Å². The number of benzene rings is 1. The summed E-state index contributed by atoms with van der Waals surface area (Å²) in [6.45, 7) is 3.56. The molecule has 0 radical (unpaired) electrons. The fourth-order valence-corrected chi connectivity index (χ4v) is 2.33. The highest BCUT2D eigenvalue weighted by Gasteiger charge is 2.29. The molecule has 1 heterocycles. The van der Waals surface area contributed by atoms with Crippen molar-refractivity contribution < 1.29 is 9.18 Å². The van der Waals surface area contributed by atoms with E-state index in [4.69, 9.17) is 0 Å². The Morgan fingerprint density at radius 3 is 2.94 bits per heavy atom. The van der Waals surface area contributed by atoms with E-state index in [1.807, 2.05) is 6.92 Å². The third-order valence-electron chi connectivity index (χ3n) is 3.04. The van der Waals surface area contributed by atoms with E-state index in [1.54, 1.807) is 6.07 Å². The summed E-state index contributed by atoms with van der Waals surface area (Å²) in [5.74, 6) is -0.164. The van der Waals surface area contributed by atoms with Gasteiger partial charge in [0.2, 0.25) is 5.91 Å². The Kier molecular flexibility index (Phi) is 3.79. The maximum atomic E-state index is 13.1. The number of nitrogens with one attached hydrogen (secondary N) is 2. The summed E-state index contributed by atoms with van der Waals surface area (Å²) >= 11 is 3.29. The topological polar surface area (TPSA) is 41.1 Å². The van der Waals surface area contributed by atoms with Crippen molar-refractivity contribution in [2.45, 2.75) is 6.92 Å². The average Bonchev–Trinajstić information content (AvgIpc) is 2.70. The number of hydrogen-bond donors (Lipinski definition) is 2. The molecule has 1 fully saturated rings. The maximum Gasteiger partial charge on any atom is 0.229 e. The molecule has 2 N–H and O–H groups in total. The molecule has 1 aromatic rings. The van der Waals surface area contributed by atoms with Crippen LogP contribution >= 0.6 is 15.9 Å². The highest BCUT2D eigenvalue weighted by molar-refractivity contribution is 9.10. The molecule has 1 aliphatic heterocycles. The second-order valence-electron chi connectivity index (χ2n) is 4.36. The lowest BCUT2D eigenvalue weighted by atomic mass is 9.97. The highest BCUT2D eigenvalue weighted by atomic mass is 79.9. The minimum atomic E-state index is -0.360. The Balaban J connectivity index is 2.10. The fourth-order valence-electron chi connectivity index (χ4n) is 1.98. The molecule has 2 atom stereocenters. The van der Waals surface area contributed by atoms with Crippen molar-refractivity contribution in [1.29, 1.82) is 0 Å². The van der Waals surface area contributed by atoms with Gasteiger partial charge < -0.3 is 10.6 Å². The lowest BCUT2D eigenvalue weighted by Gasteiger charge is -2.15. The first-order chi connectivity index (χ1) is 8.08. The average molecular weight is 301 g/mol. The number of amides is 1. The molecule has 3 nitrogen and oxygen atoms in total. The minimum absolute atomic E-state index is 0.0508. The van der Waals surface area contributed by atoms with Crippen LogP contribution in [0.2, 0.25) is 0 Å².